The molecule has 0 aromatic heterocycles. The maximum atomic E-state index is 12.0. The van der Waals surface area contributed by atoms with E-state index in [-0.39, 0.29) is 12.0 Å². The van der Waals surface area contributed by atoms with E-state index < -0.39 is 0 Å². The highest BCUT2D eigenvalue weighted by atomic mass is 16.5. The number of nitrogens with two attached hydrogens (primary N) is 1. The molecule has 3 atom stereocenters. The zero-order valence-electron chi connectivity index (χ0n) is 12.7. The van der Waals surface area contributed by atoms with E-state index in [9.17, 15) is 4.79 Å². The van der Waals surface area contributed by atoms with Crippen molar-refractivity contribution in [3.8, 4) is 0 Å². The first-order chi connectivity index (χ1) is 9.06. The molecule has 0 heterocycles. The van der Waals surface area contributed by atoms with Gasteiger partial charge in [0.15, 0.2) is 0 Å². The van der Waals surface area contributed by atoms with Gasteiger partial charge in [-0.3, -0.25) is 4.79 Å². The zero-order valence-corrected chi connectivity index (χ0v) is 12.7. The van der Waals surface area contributed by atoms with Crippen LogP contribution in [0.25, 0.3) is 0 Å². The molecule has 1 saturated carbocycles. The molecule has 0 saturated heterocycles. The summed E-state index contributed by atoms with van der Waals surface area (Å²) in [5, 5.41) is 3.18. The lowest BCUT2D eigenvalue weighted by Crippen LogP contribution is -2.40. The predicted molar refractivity (Wildman–Crippen MR) is 77.8 cm³/mol. The van der Waals surface area contributed by atoms with E-state index in [1.54, 1.807) is 7.11 Å². The minimum atomic E-state index is -0.157. The van der Waals surface area contributed by atoms with Crippen LogP contribution in [0.4, 0.5) is 0 Å². The standard InChI is InChI=1S/C15H30N2O2/c1-11(2)7-8-12-5-4-6-14(12)17-15(18)9-13(10-16)19-3/h11-14H,4-10,16H2,1-3H3,(H,17,18). The summed E-state index contributed by atoms with van der Waals surface area (Å²) in [5.74, 6) is 1.48. The SMILES string of the molecule is COC(CN)CC(=O)NC1CCCC1CCC(C)C. The summed E-state index contributed by atoms with van der Waals surface area (Å²) in [6, 6.07) is 0.363. The number of carbonyl (C=O) groups is 1. The summed E-state index contributed by atoms with van der Waals surface area (Å²) in [5.41, 5.74) is 5.54. The molecule has 0 aromatic rings. The zero-order chi connectivity index (χ0) is 14.3. The molecule has 0 spiro atoms. The van der Waals surface area contributed by atoms with Crippen LogP contribution in [0.2, 0.25) is 0 Å². The van der Waals surface area contributed by atoms with Gasteiger partial charge in [0.25, 0.3) is 0 Å². The average Bonchev–Trinajstić information content (AvgIpc) is 2.80. The lowest BCUT2D eigenvalue weighted by molar-refractivity contribution is -0.124. The van der Waals surface area contributed by atoms with Gasteiger partial charge in [-0.05, 0) is 31.1 Å². The Morgan fingerprint density at radius 3 is 2.74 bits per heavy atom. The third kappa shape index (κ3) is 5.91. The van der Waals surface area contributed by atoms with Gasteiger partial charge in [0.2, 0.25) is 5.91 Å². The van der Waals surface area contributed by atoms with E-state index in [0.717, 1.165) is 12.3 Å². The first-order valence-corrected chi connectivity index (χ1v) is 7.59. The molecule has 1 fully saturated rings. The number of nitrogens with one attached hydrogen (secondary N) is 1. The van der Waals surface area contributed by atoms with Crippen molar-refractivity contribution >= 4 is 5.91 Å². The van der Waals surface area contributed by atoms with E-state index in [1.165, 1.54) is 25.7 Å². The Bertz CT molecular complexity index is 265. The fourth-order valence-corrected chi connectivity index (χ4v) is 2.86. The third-order valence-corrected chi connectivity index (χ3v) is 4.13. The molecule has 1 rings (SSSR count). The summed E-state index contributed by atoms with van der Waals surface area (Å²) in [6.45, 7) is 4.91. The lowest BCUT2D eigenvalue weighted by atomic mass is 9.93. The molecule has 4 nitrogen and oxygen atoms in total. The van der Waals surface area contributed by atoms with Crippen molar-refractivity contribution < 1.29 is 9.53 Å². The number of amides is 1. The minimum Gasteiger partial charge on any atom is -0.380 e. The number of methoxy groups -OCH3 is 1. The largest absolute Gasteiger partial charge is 0.380 e. The van der Waals surface area contributed by atoms with E-state index in [1.807, 2.05) is 0 Å². The number of ether oxygens (including phenoxy) is 1. The van der Waals surface area contributed by atoms with Crippen LogP contribution in [-0.2, 0) is 9.53 Å². The van der Waals surface area contributed by atoms with Crippen molar-refractivity contribution in [1.82, 2.24) is 5.32 Å². The fraction of sp³-hybridized carbons (Fsp3) is 0.933. The Morgan fingerprint density at radius 1 is 1.42 bits per heavy atom. The molecule has 112 valence electrons. The van der Waals surface area contributed by atoms with Crippen molar-refractivity contribution in [2.75, 3.05) is 13.7 Å². The number of carbonyl (C=O) groups excluding carboxylic acids is 1. The maximum Gasteiger partial charge on any atom is 0.222 e. The molecule has 0 radical (unpaired) electrons. The second-order valence-electron chi connectivity index (χ2n) is 6.13. The Hall–Kier alpha value is -0.610. The smallest absolute Gasteiger partial charge is 0.222 e. The fourth-order valence-electron chi connectivity index (χ4n) is 2.86. The molecule has 0 bridgehead atoms. The van der Waals surface area contributed by atoms with Gasteiger partial charge < -0.3 is 15.8 Å². The van der Waals surface area contributed by atoms with Gasteiger partial charge in [-0.15, -0.1) is 0 Å². The van der Waals surface area contributed by atoms with Crippen LogP contribution in [0.5, 0.6) is 0 Å². The molecule has 1 aliphatic carbocycles. The highest BCUT2D eigenvalue weighted by Gasteiger charge is 2.28. The lowest BCUT2D eigenvalue weighted by Gasteiger charge is -2.23. The molecule has 3 unspecified atom stereocenters. The molecular formula is C15H30N2O2. The highest BCUT2D eigenvalue weighted by molar-refractivity contribution is 5.76. The number of hydrogen-bond donors (Lipinski definition) is 2. The molecule has 1 amide bonds. The van der Waals surface area contributed by atoms with E-state index in [4.69, 9.17) is 10.5 Å². The van der Waals surface area contributed by atoms with E-state index >= 15 is 0 Å². The number of rotatable bonds is 8. The van der Waals surface area contributed by atoms with Gasteiger partial charge in [0.05, 0.1) is 12.5 Å². The van der Waals surface area contributed by atoms with Gasteiger partial charge >= 0.3 is 0 Å². The third-order valence-electron chi connectivity index (χ3n) is 4.13. The Kier molecular flexibility index (Phi) is 7.39. The summed E-state index contributed by atoms with van der Waals surface area (Å²) in [7, 11) is 1.60. The molecular weight excluding hydrogens is 240 g/mol. The monoisotopic (exact) mass is 270 g/mol. The summed E-state index contributed by atoms with van der Waals surface area (Å²) in [6.07, 6.45) is 6.30. The predicted octanol–water partition coefficient (Wildman–Crippen LogP) is 2.07. The van der Waals surface area contributed by atoms with Crippen LogP contribution in [0.3, 0.4) is 0 Å². The van der Waals surface area contributed by atoms with Crippen molar-refractivity contribution in [2.45, 2.75) is 64.5 Å². The van der Waals surface area contributed by atoms with Crippen LogP contribution in [0.15, 0.2) is 0 Å². The van der Waals surface area contributed by atoms with Gasteiger partial charge in [-0.2, -0.15) is 0 Å². The quantitative estimate of drug-likeness (QED) is 0.709. The van der Waals surface area contributed by atoms with Crippen molar-refractivity contribution in [3.05, 3.63) is 0 Å². The molecule has 3 N–H and O–H groups in total. The molecule has 19 heavy (non-hydrogen) atoms. The van der Waals surface area contributed by atoms with Crippen LogP contribution in [0, 0.1) is 11.8 Å². The highest BCUT2D eigenvalue weighted by Crippen LogP contribution is 2.30. The summed E-state index contributed by atoms with van der Waals surface area (Å²) in [4.78, 5) is 12.0. The Morgan fingerprint density at radius 2 is 2.16 bits per heavy atom. The van der Waals surface area contributed by atoms with Crippen molar-refractivity contribution in [1.29, 1.82) is 0 Å². The topological polar surface area (TPSA) is 64.3 Å². The maximum absolute atomic E-state index is 12.0. The molecule has 0 aliphatic heterocycles. The van der Waals surface area contributed by atoms with Gasteiger partial charge in [-0.25, -0.2) is 0 Å². The van der Waals surface area contributed by atoms with Gasteiger partial charge in [0.1, 0.15) is 0 Å². The van der Waals surface area contributed by atoms with E-state index in [2.05, 4.69) is 19.2 Å². The van der Waals surface area contributed by atoms with Crippen molar-refractivity contribution in [2.24, 2.45) is 17.6 Å². The Balaban J connectivity index is 2.35. The minimum absolute atomic E-state index is 0.0822. The second kappa shape index (κ2) is 8.54. The van der Waals surface area contributed by atoms with Crippen LogP contribution >= 0.6 is 0 Å². The molecule has 1 aliphatic rings. The van der Waals surface area contributed by atoms with E-state index in [0.29, 0.717) is 24.9 Å². The van der Waals surface area contributed by atoms with Crippen LogP contribution in [-0.4, -0.2) is 31.7 Å². The first-order valence-electron chi connectivity index (χ1n) is 7.59. The first kappa shape index (κ1) is 16.4. The summed E-state index contributed by atoms with van der Waals surface area (Å²) < 4.78 is 5.15. The molecule has 0 aromatic carbocycles. The Labute approximate surface area is 117 Å². The molecule has 4 heteroatoms. The van der Waals surface area contributed by atoms with Crippen molar-refractivity contribution in [3.63, 3.8) is 0 Å². The number of hydrogen-bond acceptors (Lipinski definition) is 3. The van der Waals surface area contributed by atoms with Gasteiger partial charge in [-0.1, -0.05) is 26.7 Å². The second-order valence-corrected chi connectivity index (χ2v) is 6.13. The van der Waals surface area contributed by atoms with Crippen LogP contribution < -0.4 is 11.1 Å². The average molecular weight is 270 g/mol. The summed E-state index contributed by atoms with van der Waals surface area (Å²) >= 11 is 0. The van der Waals surface area contributed by atoms with Crippen LogP contribution in [0.1, 0.15) is 52.4 Å². The van der Waals surface area contributed by atoms with Gasteiger partial charge in [0, 0.05) is 19.7 Å². The normalized spacial score (nSPS) is 24.7.